The quantitative estimate of drug-likeness (QED) is 0.266. The van der Waals surface area contributed by atoms with E-state index in [2.05, 4.69) is 25.0 Å². The molecule has 9 nitrogen and oxygen atoms in total. The molecule has 12 heteroatoms. The predicted molar refractivity (Wildman–Crippen MR) is 125 cm³/mol. The second kappa shape index (κ2) is 8.55. The number of benzene rings is 1. The Balaban J connectivity index is 1.33. The van der Waals surface area contributed by atoms with E-state index in [1.165, 1.54) is 23.9 Å². The molecule has 184 valence electrons. The van der Waals surface area contributed by atoms with Crippen molar-refractivity contribution in [2.45, 2.75) is 42.0 Å². The normalized spacial score (nSPS) is 17.3. The van der Waals surface area contributed by atoms with Crippen molar-refractivity contribution in [1.82, 2.24) is 15.0 Å². The van der Waals surface area contributed by atoms with Crippen LogP contribution in [0.3, 0.4) is 0 Å². The van der Waals surface area contributed by atoms with Crippen LogP contribution in [0.2, 0.25) is 0 Å². The number of fused-ring (bicyclic) bond motifs is 2. The Bertz CT molecular complexity index is 1550. The fraction of sp³-hybridized carbons (Fsp3) is 0.208. The summed E-state index contributed by atoms with van der Waals surface area (Å²) in [5.41, 5.74) is 3.50. The summed E-state index contributed by atoms with van der Waals surface area (Å²) in [5, 5.41) is 13.7. The Morgan fingerprint density at radius 3 is 2.92 bits per heavy atom. The number of aromatic carboxylic acids is 1. The van der Waals surface area contributed by atoms with Gasteiger partial charge in [0.1, 0.15) is 17.2 Å². The molecule has 4 heterocycles. The largest absolute Gasteiger partial charge is 0.477 e. The van der Waals surface area contributed by atoms with E-state index in [-0.39, 0.29) is 17.2 Å². The Morgan fingerprint density at radius 2 is 2.11 bits per heavy atom. The van der Waals surface area contributed by atoms with Crippen LogP contribution in [0.15, 0.2) is 62.5 Å². The number of aromatic amines is 2. The van der Waals surface area contributed by atoms with E-state index in [1.807, 2.05) is 0 Å². The van der Waals surface area contributed by atoms with Crippen LogP contribution in [0.25, 0.3) is 11.0 Å². The minimum absolute atomic E-state index is 0.00202. The van der Waals surface area contributed by atoms with Crippen molar-refractivity contribution in [3.8, 4) is 5.75 Å². The van der Waals surface area contributed by atoms with E-state index in [1.54, 1.807) is 24.4 Å². The number of halogens is 2. The number of allylic oxidation sites excluding steroid dienone is 2. The van der Waals surface area contributed by atoms with Crippen molar-refractivity contribution in [2.75, 3.05) is 5.32 Å². The summed E-state index contributed by atoms with van der Waals surface area (Å²) in [5.74, 6) is -1.12. The number of anilines is 1. The number of hydrogen-bond acceptors (Lipinski definition) is 7. The highest BCUT2D eigenvalue weighted by atomic mass is 32.2. The van der Waals surface area contributed by atoms with Gasteiger partial charge in [-0.3, -0.25) is 4.79 Å². The van der Waals surface area contributed by atoms with Crippen molar-refractivity contribution < 1.29 is 32.6 Å². The highest BCUT2D eigenvalue weighted by molar-refractivity contribution is 7.99. The molecule has 1 aliphatic carbocycles. The fourth-order valence-electron chi connectivity index (χ4n) is 4.73. The van der Waals surface area contributed by atoms with Crippen molar-refractivity contribution in [2.24, 2.45) is 0 Å². The lowest BCUT2D eigenvalue weighted by molar-refractivity contribution is -0.116. The van der Waals surface area contributed by atoms with Crippen LogP contribution < -0.4 is 10.1 Å². The summed E-state index contributed by atoms with van der Waals surface area (Å²) in [6, 6.07) is 7.94. The molecule has 3 aromatic heterocycles. The van der Waals surface area contributed by atoms with E-state index in [0.717, 1.165) is 5.70 Å². The maximum Gasteiger partial charge on any atom is 0.387 e. The Kier molecular flexibility index (Phi) is 5.32. The number of carboxylic acid groups (broad SMARTS) is 1. The van der Waals surface area contributed by atoms with Gasteiger partial charge in [0, 0.05) is 35.5 Å². The number of H-pyrrole nitrogens is 2. The zero-order valence-electron chi connectivity index (χ0n) is 18.4. The van der Waals surface area contributed by atoms with Crippen molar-refractivity contribution in [3.05, 3.63) is 64.8 Å². The number of ketones is 1. The lowest BCUT2D eigenvalue weighted by Gasteiger charge is -2.31. The molecule has 0 fully saturated rings. The first-order chi connectivity index (χ1) is 17.4. The number of alkyl halides is 2. The summed E-state index contributed by atoms with van der Waals surface area (Å²) in [6.07, 6.45) is 3.34. The van der Waals surface area contributed by atoms with E-state index in [9.17, 15) is 23.5 Å². The number of Topliss-reactive ketones (excluding diaryl/α,β-unsaturated/α-hetero) is 1. The van der Waals surface area contributed by atoms with Gasteiger partial charge in [-0.25, -0.2) is 9.78 Å². The fourth-order valence-corrected chi connectivity index (χ4v) is 5.50. The molecule has 0 spiro atoms. The number of hydrogen-bond donors (Lipinski definition) is 4. The van der Waals surface area contributed by atoms with Crippen LogP contribution in [0.4, 0.5) is 14.5 Å². The van der Waals surface area contributed by atoms with Gasteiger partial charge in [-0.1, -0.05) is 0 Å². The topological polar surface area (TPSA) is 133 Å². The van der Waals surface area contributed by atoms with Gasteiger partial charge in [-0.15, -0.1) is 0 Å². The molecule has 0 saturated carbocycles. The number of rotatable bonds is 6. The highest BCUT2D eigenvalue weighted by Gasteiger charge is 2.39. The molecule has 6 rings (SSSR count). The molecule has 2 aliphatic rings. The Morgan fingerprint density at radius 1 is 1.25 bits per heavy atom. The highest BCUT2D eigenvalue weighted by Crippen LogP contribution is 2.47. The van der Waals surface area contributed by atoms with Crippen molar-refractivity contribution in [1.29, 1.82) is 0 Å². The number of carbonyl (C=O) groups is 2. The molecule has 1 aromatic carbocycles. The smallest absolute Gasteiger partial charge is 0.387 e. The first kappa shape index (κ1) is 22.4. The second-order valence-electron chi connectivity index (χ2n) is 8.38. The number of ether oxygens (including phenoxy) is 1. The maximum absolute atomic E-state index is 12.9. The standard InChI is InChI=1S/C24H18F2N4O5S/c25-23(26)34-10-4-5-12-14(8-10)30-24(29-12)36-17-7-6-16(35-17)18-11-9-27-21(22(32)33)20(11)28-13-2-1-3-15(31)19(13)18/h4-9,18,23,27-28H,1-3H2,(H,29,30)(H,32,33). The minimum atomic E-state index is -2.92. The molecule has 4 aromatic rings. The monoisotopic (exact) mass is 512 g/mol. The molecular weight excluding hydrogens is 494 g/mol. The molecular formula is C24H18F2N4O5S. The molecule has 0 radical (unpaired) electrons. The summed E-state index contributed by atoms with van der Waals surface area (Å²) < 4.78 is 35.6. The molecule has 0 amide bonds. The number of furan rings is 1. The van der Waals surface area contributed by atoms with Crippen molar-refractivity contribution >= 4 is 40.2 Å². The number of carboxylic acids is 1. The Hall–Kier alpha value is -4.06. The summed E-state index contributed by atoms with van der Waals surface area (Å²) in [6.45, 7) is -2.92. The molecule has 1 aliphatic heterocycles. The molecule has 1 atom stereocenters. The zero-order valence-corrected chi connectivity index (χ0v) is 19.2. The first-order valence-corrected chi connectivity index (χ1v) is 11.9. The van der Waals surface area contributed by atoms with Gasteiger partial charge in [0.25, 0.3) is 0 Å². The number of imidazole rings is 1. The van der Waals surface area contributed by atoms with E-state index < -0.39 is 18.5 Å². The predicted octanol–water partition coefficient (Wildman–Crippen LogP) is 5.50. The van der Waals surface area contributed by atoms with E-state index in [4.69, 9.17) is 4.42 Å². The average molecular weight is 512 g/mol. The van der Waals surface area contributed by atoms with Gasteiger partial charge in [0.05, 0.1) is 22.6 Å². The minimum Gasteiger partial charge on any atom is -0.477 e. The van der Waals surface area contributed by atoms with Crippen LogP contribution >= 0.6 is 11.8 Å². The van der Waals surface area contributed by atoms with Crippen LogP contribution in [-0.2, 0) is 4.79 Å². The van der Waals surface area contributed by atoms with Gasteiger partial charge < -0.3 is 29.5 Å². The van der Waals surface area contributed by atoms with Crippen molar-refractivity contribution in [3.63, 3.8) is 0 Å². The molecule has 4 N–H and O–H groups in total. The van der Waals surface area contributed by atoms with Gasteiger partial charge in [-0.2, -0.15) is 8.78 Å². The summed E-state index contributed by atoms with van der Waals surface area (Å²) in [4.78, 5) is 34.9. The Labute approximate surface area is 205 Å². The third-order valence-corrected chi connectivity index (χ3v) is 7.00. The van der Waals surface area contributed by atoms with Gasteiger partial charge in [0.15, 0.2) is 16.0 Å². The van der Waals surface area contributed by atoms with Gasteiger partial charge >= 0.3 is 12.6 Å². The van der Waals surface area contributed by atoms with Crippen LogP contribution in [-0.4, -0.2) is 38.4 Å². The molecule has 36 heavy (non-hydrogen) atoms. The summed E-state index contributed by atoms with van der Waals surface area (Å²) >= 11 is 1.20. The van der Waals surface area contributed by atoms with Gasteiger partial charge in [-0.05, 0) is 48.9 Å². The lowest BCUT2D eigenvalue weighted by Crippen LogP contribution is -2.26. The third kappa shape index (κ3) is 3.83. The molecule has 0 bridgehead atoms. The van der Waals surface area contributed by atoms with E-state index in [0.29, 0.717) is 63.1 Å². The zero-order chi connectivity index (χ0) is 25.0. The molecule has 1 unspecified atom stereocenters. The second-order valence-corrected chi connectivity index (χ2v) is 9.38. The maximum atomic E-state index is 12.9. The summed E-state index contributed by atoms with van der Waals surface area (Å²) in [7, 11) is 0. The van der Waals surface area contributed by atoms with Gasteiger partial charge in [0.2, 0.25) is 0 Å². The lowest BCUT2D eigenvalue weighted by atomic mass is 9.78. The van der Waals surface area contributed by atoms with Crippen LogP contribution in [0, 0.1) is 0 Å². The third-order valence-electron chi connectivity index (χ3n) is 6.20. The molecule has 0 saturated heterocycles. The SMILES string of the molecule is O=C1CCCC2=C1C(c1ccc(Sc3nc4ccc(OC(F)F)cc4[nH]3)o1)c1c[nH]c(C(=O)O)c1N2. The average Bonchev–Trinajstić information content (AvgIpc) is 3.55. The number of carbonyl (C=O) groups excluding carboxylic acids is 1. The number of aromatic nitrogens is 3. The number of nitrogens with zero attached hydrogens (tertiary/aromatic N) is 1. The first-order valence-electron chi connectivity index (χ1n) is 11.1. The van der Waals surface area contributed by atoms with Crippen LogP contribution in [0.5, 0.6) is 5.75 Å². The van der Waals surface area contributed by atoms with E-state index >= 15 is 0 Å². The van der Waals surface area contributed by atoms with Crippen LogP contribution in [0.1, 0.15) is 47.0 Å². The number of nitrogens with one attached hydrogen (secondary N) is 3.